The Morgan fingerprint density at radius 2 is 2.23 bits per heavy atom. The fourth-order valence-corrected chi connectivity index (χ4v) is 4.06. The van der Waals surface area contributed by atoms with Gasteiger partial charge in [-0.1, -0.05) is 11.8 Å². The van der Waals surface area contributed by atoms with E-state index in [0.29, 0.717) is 31.4 Å². The number of rotatable bonds is 7. The molecule has 1 aromatic heterocycles. The molecule has 0 radical (unpaired) electrons. The van der Waals surface area contributed by atoms with Gasteiger partial charge in [0.15, 0.2) is 0 Å². The van der Waals surface area contributed by atoms with Gasteiger partial charge >= 0.3 is 5.97 Å². The van der Waals surface area contributed by atoms with E-state index < -0.39 is 0 Å². The number of tetrazole rings is 1. The van der Waals surface area contributed by atoms with Crippen molar-refractivity contribution in [3.8, 4) is 0 Å². The number of ether oxygens (including phenoxy) is 2. The molecule has 2 aliphatic heterocycles. The van der Waals surface area contributed by atoms with E-state index in [2.05, 4.69) is 15.5 Å². The minimum absolute atomic E-state index is 0.00401. The normalized spacial score (nSPS) is 23.2. The number of amides is 1. The predicted molar refractivity (Wildman–Crippen MR) is 93.5 cm³/mol. The van der Waals surface area contributed by atoms with Crippen LogP contribution in [0.25, 0.3) is 0 Å². The monoisotopic (exact) mass is 383 g/mol. The third-order valence-electron chi connectivity index (χ3n) is 4.62. The number of aromatic nitrogens is 4. The topological polar surface area (TPSA) is 99.4 Å². The van der Waals surface area contributed by atoms with Crippen molar-refractivity contribution in [2.45, 2.75) is 50.4 Å². The number of piperidine rings is 1. The SMILES string of the molecule is CCOC(=O)C1CCCN(C(=O)CSc2nnnn2CC2CCCO2)C1. The van der Waals surface area contributed by atoms with Gasteiger partial charge in [0.2, 0.25) is 11.1 Å². The maximum atomic E-state index is 12.5. The third kappa shape index (κ3) is 4.94. The molecule has 1 aromatic rings. The van der Waals surface area contributed by atoms with Gasteiger partial charge in [-0.05, 0) is 43.0 Å². The zero-order valence-corrected chi connectivity index (χ0v) is 15.8. The van der Waals surface area contributed by atoms with Gasteiger partial charge < -0.3 is 14.4 Å². The van der Waals surface area contributed by atoms with Gasteiger partial charge in [-0.3, -0.25) is 9.59 Å². The Morgan fingerprint density at radius 3 is 3.00 bits per heavy atom. The molecule has 2 atom stereocenters. The molecular formula is C16H25N5O4S. The van der Waals surface area contributed by atoms with Crippen LogP contribution in [0.5, 0.6) is 0 Å². The molecule has 2 aliphatic rings. The van der Waals surface area contributed by atoms with Gasteiger partial charge in [0.25, 0.3) is 0 Å². The van der Waals surface area contributed by atoms with Crippen LogP contribution in [-0.2, 0) is 25.6 Å². The Morgan fingerprint density at radius 1 is 1.35 bits per heavy atom. The molecule has 2 fully saturated rings. The number of hydrogen-bond donors (Lipinski definition) is 0. The van der Waals surface area contributed by atoms with Crippen LogP contribution in [0.15, 0.2) is 5.16 Å². The van der Waals surface area contributed by atoms with Crippen molar-refractivity contribution in [1.29, 1.82) is 0 Å². The Bertz CT molecular complexity index is 620. The van der Waals surface area contributed by atoms with Crippen molar-refractivity contribution in [2.24, 2.45) is 5.92 Å². The van der Waals surface area contributed by atoms with Crippen molar-refractivity contribution in [1.82, 2.24) is 25.1 Å². The summed E-state index contributed by atoms with van der Waals surface area (Å²) < 4.78 is 12.4. The molecule has 0 spiro atoms. The highest BCUT2D eigenvalue weighted by Crippen LogP contribution is 2.21. The molecule has 2 saturated heterocycles. The van der Waals surface area contributed by atoms with Crippen LogP contribution in [0.4, 0.5) is 0 Å². The van der Waals surface area contributed by atoms with E-state index >= 15 is 0 Å². The second kappa shape index (κ2) is 9.31. The fourth-order valence-electron chi connectivity index (χ4n) is 3.27. The average Bonchev–Trinajstić information content (AvgIpc) is 3.32. The minimum atomic E-state index is -0.220. The highest BCUT2D eigenvalue weighted by molar-refractivity contribution is 7.99. The van der Waals surface area contributed by atoms with Crippen molar-refractivity contribution >= 4 is 23.6 Å². The second-order valence-electron chi connectivity index (χ2n) is 6.50. The quantitative estimate of drug-likeness (QED) is 0.502. The van der Waals surface area contributed by atoms with Crippen LogP contribution in [0, 0.1) is 5.92 Å². The summed E-state index contributed by atoms with van der Waals surface area (Å²) in [5, 5.41) is 12.3. The number of thioether (sulfide) groups is 1. The van der Waals surface area contributed by atoms with Crippen LogP contribution < -0.4 is 0 Å². The predicted octanol–water partition coefficient (Wildman–Crippen LogP) is 0.746. The molecule has 3 rings (SSSR count). The molecule has 3 heterocycles. The van der Waals surface area contributed by atoms with Crippen LogP contribution >= 0.6 is 11.8 Å². The summed E-state index contributed by atoms with van der Waals surface area (Å²) in [6.07, 6.45) is 3.79. The Labute approximate surface area is 156 Å². The molecule has 0 N–H and O–H groups in total. The van der Waals surface area contributed by atoms with Gasteiger partial charge in [-0.15, -0.1) is 5.10 Å². The number of esters is 1. The van der Waals surface area contributed by atoms with Crippen LogP contribution in [-0.4, -0.2) is 75.1 Å². The number of hydrogen-bond acceptors (Lipinski definition) is 8. The standard InChI is InChI=1S/C16H25N5O4S/c1-2-24-15(23)12-5-3-7-20(9-12)14(22)11-26-16-17-18-19-21(16)10-13-6-4-8-25-13/h12-13H,2-11H2,1H3. The second-order valence-corrected chi connectivity index (χ2v) is 7.44. The van der Waals surface area contributed by atoms with E-state index in [1.165, 1.54) is 11.8 Å². The van der Waals surface area contributed by atoms with Crippen molar-refractivity contribution in [2.75, 3.05) is 32.1 Å². The van der Waals surface area contributed by atoms with Gasteiger partial charge in [0.05, 0.1) is 30.9 Å². The van der Waals surface area contributed by atoms with Gasteiger partial charge in [-0.25, -0.2) is 4.68 Å². The minimum Gasteiger partial charge on any atom is -0.466 e. The van der Waals surface area contributed by atoms with E-state index in [1.54, 1.807) is 16.5 Å². The maximum Gasteiger partial charge on any atom is 0.310 e. The molecule has 1 amide bonds. The van der Waals surface area contributed by atoms with Gasteiger partial charge in [-0.2, -0.15) is 0 Å². The van der Waals surface area contributed by atoms with E-state index in [9.17, 15) is 9.59 Å². The summed E-state index contributed by atoms with van der Waals surface area (Å²) in [5.74, 6) is -0.183. The molecular weight excluding hydrogens is 358 g/mol. The first-order chi connectivity index (χ1) is 12.7. The van der Waals surface area contributed by atoms with Crippen molar-refractivity contribution in [3.63, 3.8) is 0 Å². The lowest BCUT2D eigenvalue weighted by Crippen LogP contribution is -2.43. The Hall–Kier alpha value is -1.68. The third-order valence-corrected chi connectivity index (χ3v) is 5.56. The summed E-state index contributed by atoms with van der Waals surface area (Å²) in [4.78, 5) is 26.2. The lowest BCUT2D eigenvalue weighted by molar-refractivity contribution is -0.151. The van der Waals surface area contributed by atoms with E-state index in [0.717, 1.165) is 32.3 Å². The summed E-state index contributed by atoms with van der Waals surface area (Å²) >= 11 is 1.32. The highest BCUT2D eigenvalue weighted by Gasteiger charge is 2.29. The molecule has 0 bridgehead atoms. The molecule has 10 heteroatoms. The summed E-state index contributed by atoms with van der Waals surface area (Å²) in [6.45, 7) is 4.66. The van der Waals surface area contributed by atoms with Gasteiger partial charge in [0, 0.05) is 19.7 Å². The zero-order valence-electron chi connectivity index (χ0n) is 15.0. The maximum absolute atomic E-state index is 12.5. The summed E-state index contributed by atoms with van der Waals surface area (Å²) in [7, 11) is 0. The molecule has 0 aliphatic carbocycles. The van der Waals surface area contributed by atoms with Gasteiger partial charge in [0.1, 0.15) is 0 Å². The molecule has 0 aromatic carbocycles. The largest absolute Gasteiger partial charge is 0.466 e. The molecule has 0 saturated carbocycles. The fraction of sp³-hybridized carbons (Fsp3) is 0.812. The average molecular weight is 383 g/mol. The number of carbonyl (C=O) groups is 2. The molecule has 9 nitrogen and oxygen atoms in total. The van der Waals surface area contributed by atoms with Crippen molar-refractivity contribution < 1.29 is 19.1 Å². The number of nitrogens with zero attached hydrogens (tertiary/aromatic N) is 5. The molecule has 26 heavy (non-hydrogen) atoms. The first-order valence-electron chi connectivity index (χ1n) is 9.12. The number of carbonyl (C=O) groups excluding carboxylic acids is 2. The van der Waals surface area contributed by atoms with E-state index in [-0.39, 0.29) is 29.7 Å². The summed E-state index contributed by atoms with van der Waals surface area (Å²) in [5.41, 5.74) is 0. The molecule has 2 unspecified atom stereocenters. The first-order valence-corrected chi connectivity index (χ1v) is 10.1. The highest BCUT2D eigenvalue weighted by atomic mass is 32.2. The Kier molecular flexibility index (Phi) is 6.84. The summed E-state index contributed by atoms with van der Waals surface area (Å²) in [6, 6.07) is 0. The van der Waals surface area contributed by atoms with E-state index in [1.807, 2.05) is 0 Å². The lowest BCUT2D eigenvalue weighted by atomic mass is 9.98. The number of likely N-dealkylation sites (tertiary alicyclic amines) is 1. The smallest absolute Gasteiger partial charge is 0.310 e. The van der Waals surface area contributed by atoms with Crippen LogP contribution in [0.2, 0.25) is 0 Å². The van der Waals surface area contributed by atoms with E-state index in [4.69, 9.17) is 9.47 Å². The van der Waals surface area contributed by atoms with Crippen molar-refractivity contribution in [3.05, 3.63) is 0 Å². The van der Waals surface area contributed by atoms with Crippen LogP contribution in [0.3, 0.4) is 0 Å². The Balaban J connectivity index is 1.49. The van der Waals surface area contributed by atoms with Crippen LogP contribution in [0.1, 0.15) is 32.6 Å². The zero-order chi connectivity index (χ0) is 18.4. The lowest BCUT2D eigenvalue weighted by Gasteiger charge is -2.31. The molecule has 144 valence electrons. The first kappa shape index (κ1) is 19.1.